The Hall–Kier alpha value is -1.87. The lowest BCUT2D eigenvalue weighted by atomic mass is 10.2. The van der Waals surface area contributed by atoms with Crippen molar-refractivity contribution in [3.8, 4) is 11.3 Å². The molecule has 0 bridgehead atoms. The topological polar surface area (TPSA) is 98.1 Å². The average molecular weight is 355 g/mol. The highest BCUT2D eigenvalue weighted by Gasteiger charge is 2.31. The number of sulfone groups is 1. The third-order valence-corrected chi connectivity index (χ3v) is 5.98. The monoisotopic (exact) mass is 355 g/mol. The Kier molecular flexibility index (Phi) is 3.93. The van der Waals surface area contributed by atoms with Gasteiger partial charge in [-0.05, 0) is 6.42 Å². The number of nitrogens with one attached hydrogen (secondary N) is 1. The summed E-state index contributed by atoms with van der Waals surface area (Å²) >= 11 is 0. The number of hydrogen-bond acceptors (Lipinski definition) is 5. The molecule has 0 aliphatic carbocycles. The van der Waals surface area contributed by atoms with Crippen molar-refractivity contribution in [2.75, 3.05) is 22.5 Å². The van der Waals surface area contributed by atoms with Crippen LogP contribution in [0.3, 0.4) is 0 Å². The molecule has 0 unspecified atom stereocenters. The number of anilines is 1. The molecule has 124 valence electrons. The first-order chi connectivity index (χ1) is 10.7. The van der Waals surface area contributed by atoms with Crippen molar-refractivity contribution in [2.24, 2.45) is 0 Å². The fourth-order valence-corrected chi connectivity index (χ4v) is 4.88. The third-order valence-electron chi connectivity index (χ3n) is 3.65. The van der Waals surface area contributed by atoms with Crippen LogP contribution in [0, 0.1) is 0 Å². The molecule has 23 heavy (non-hydrogen) atoms. The second-order valence-electron chi connectivity index (χ2n) is 5.66. The van der Waals surface area contributed by atoms with Gasteiger partial charge in [-0.2, -0.15) is 5.10 Å². The van der Waals surface area contributed by atoms with Gasteiger partial charge in [-0.15, -0.1) is 0 Å². The van der Waals surface area contributed by atoms with Gasteiger partial charge in [0.05, 0.1) is 29.5 Å². The Morgan fingerprint density at radius 3 is 2.52 bits per heavy atom. The molecule has 2 heterocycles. The first-order valence-electron chi connectivity index (χ1n) is 7.07. The summed E-state index contributed by atoms with van der Waals surface area (Å²) in [5, 5.41) is 4.44. The van der Waals surface area contributed by atoms with E-state index in [4.69, 9.17) is 0 Å². The average Bonchev–Trinajstić information content (AvgIpc) is 3.01. The summed E-state index contributed by atoms with van der Waals surface area (Å²) in [6.45, 7) is 0. The Morgan fingerprint density at radius 2 is 1.96 bits per heavy atom. The van der Waals surface area contributed by atoms with Crippen LogP contribution < -0.4 is 4.72 Å². The van der Waals surface area contributed by atoms with Crippen LogP contribution in [0.2, 0.25) is 0 Å². The standard InChI is InChI=1S/C14H17N3O4S2/c1-22(18,19)16-14-9-13(11-5-3-2-4-6-11)15-17(14)12-7-8-23(20,21)10-12/h2-6,9,12,16H,7-8,10H2,1H3/t12-/m1/s1. The Morgan fingerprint density at radius 1 is 1.26 bits per heavy atom. The van der Waals surface area contributed by atoms with Crippen LogP contribution in [0.1, 0.15) is 12.5 Å². The smallest absolute Gasteiger partial charge is 0.230 e. The molecule has 1 aromatic carbocycles. The van der Waals surface area contributed by atoms with Crippen LogP contribution in [0.4, 0.5) is 5.82 Å². The maximum absolute atomic E-state index is 11.7. The van der Waals surface area contributed by atoms with Crippen molar-refractivity contribution in [3.05, 3.63) is 36.4 Å². The predicted octanol–water partition coefficient (Wildman–Crippen LogP) is 1.28. The Balaban J connectivity index is 2.04. The van der Waals surface area contributed by atoms with Crippen molar-refractivity contribution in [1.29, 1.82) is 0 Å². The molecule has 1 aliphatic heterocycles. The van der Waals surface area contributed by atoms with Crippen LogP contribution in [0.15, 0.2) is 36.4 Å². The minimum absolute atomic E-state index is 0.0264. The summed E-state index contributed by atoms with van der Waals surface area (Å²) in [6, 6.07) is 10.6. The lowest BCUT2D eigenvalue weighted by molar-refractivity contribution is 0.507. The molecule has 1 aliphatic rings. The van der Waals surface area contributed by atoms with Crippen molar-refractivity contribution < 1.29 is 16.8 Å². The van der Waals surface area contributed by atoms with Gasteiger partial charge in [-0.1, -0.05) is 30.3 Å². The van der Waals surface area contributed by atoms with Gasteiger partial charge in [0.15, 0.2) is 9.84 Å². The van der Waals surface area contributed by atoms with Gasteiger partial charge in [0.25, 0.3) is 0 Å². The SMILES string of the molecule is CS(=O)(=O)Nc1cc(-c2ccccc2)nn1[C@@H]1CCS(=O)(=O)C1. The molecule has 3 rings (SSSR count). The summed E-state index contributed by atoms with van der Waals surface area (Å²) in [5.41, 5.74) is 1.43. The van der Waals surface area contributed by atoms with E-state index in [2.05, 4.69) is 9.82 Å². The summed E-state index contributed by atoms with van der Waals surface area (Å²) in [6.07, 6.45) is 1.48. The number of nitrogens with zero attached hydrogens (tertiary/aromatic N) is 2. The molecule has 0 radical (unpaired) electrons. The molecule has 0 saturated carbocycles. The zero-order valence-corrected chi connectivity index (χ0v) is 14.1. The Bertz CT molecular complexity index is 918. The van der Waals surface area contributed by atoms with Gasteiger partial charge < -0.3 is 0 Å². The maximum atomic E-state index is 11.7. The molecule has 1 saturated heterocycles. The zero-order valence-electron chi connectivity index (χ0n) is 12.5. The number of hydrogen-bond donors (Lipinski definition) is 1. The van der Waals surface area contributed by atoms with Crippen molar-refractivity contribution >= 4 is 25.7 Å². The minimum atomic E-state index is -3.49. The largest absolute Gasteiger partial charge is 0.268 e. The van der Waals surface area contributed by atoms with Gasteiger partial charge in [0.1, 0.15) is 5.82 Å². The summed E-state index contributed by atoms with van der Waals surface area (Å²) in [7, 11) is -6.58. The van der Waals surface area contributed by atoms with Crippen LogP contribution in [0.25, 0.3) is 11.3 Å². The zero-order chi connectivity index (χ0) is 16.7. The fraction of sp³-hybridized carbons (Fsp3) is 0.357. The van der Waals surface area contributed by atoms with Crippen LogP contribution in [-0.4, -0.2) is 44.4 Å². The van der Waals surface area contributed by atoms with E-state index in [1.54, 1.807) is 6.07 Å². The molecule has 1 atom stereocenters. The number of sulfonamides is 1. The first-order valence-corrected chi connectivity index (χ1v) is 10.8. The molecule has 1 N–H and O–H groups in total. The third kappa shape index (κ3) is 3.73. The van der Waals surface area contributed by atoms with E-state index in [9.17, 15) is 16.8 Å². The summed E-state index contributed by atoms with van der Waals surface area (Å²) in [4.78, 5) is 0. The van der Waals surface area contributed by atoms with Crippen LogP contribution in [0.5, 0.6) is 0 Å². The van der Waals surface area contributed by atoms with Gasteiger partial charge in [-0.3, -0.25) is 4.72 Å². The highest BCUT2D eigenvalue weighted by atomic mass is 32.2. The first kappa shape index (κ1) is 16.0. The normalized spacial score (nSPS) is 20.5. The van der Waals surface area contributed by atoms with Crippen molar-refractivity contribution in [2.45, 2.75) is 12.5 Å². The lowest BCUT2D eigenvalue weighted by Gasteiger charge is -2.13. The van der Waals surface area contributed by atoms with E-state index < -0.39 is 19.9 Å². The minimum Gasteiger partial charge on any atom is -0.268 e. The van der Waals surface area contributed by atoms with E-state index in [0.29, 0.717) is 12.1 Å². The molecule has 9 heteroatoms. The summed E-state index contributed by atoms with van der Waals surface area (Å²) < 4.78 is 50.5. The number of benzene rings is 1. The van der Waals surface area contributed by atoms with Gasteiger partial charge in [0, 0.05) is 11.6 Å². The second kappa shape index (κ2) is 5.64. The molecule has 2 aromatic rings. The van der Waals surface area contributed by atoms with E-state index in [1.807, 2.05) is 30.3 Å². The van der Waals surface area contributed by atoms with E-state index in [1.165, 1.54) is 4.68 Å². The van der Waals surface area contributed by atoms with E-state index in [-0.39, 0.29) is 23.4 Å². The molecule has 1 fully saturated rings. The van der Waals surface area contributed by atoms with Gasteiger partial charge in [0.2, 0.25) is 10.0 Å². The fourth-order valence-electron chi connectivity index (χ4n) is 2.66. The molecule has 1 aromatic heterocycles. The molecular formula is C14H17N3O4S2. The van der Waals surface area contributed by atoms with Crippen molar-refractivity contribution in [1.82, 2.24) is 9.78 Å². The summed E-state index contributed by atoms with van der Waals surface area (Å²) in [5.74, 6) is 0.353. The highest BCUT2D eigenvalue weighted by Crippen LogP contribution is 2.30. The quantitative estimate of drug-likeness (QED) is 0.891. The molecule has 0 spiro atoms. The molecule has 0 amide bonds. The molecule has 7 nitrogen and oxygen atoms in total. The van der Waals surface area contributed by atoms with E-state index in [0.717, 1.165) is 11.8 Å². The lowest BCUT2D eigenvalue weighted by Crippen LogP contribution is -2.18. The van der Waals surface area contributed by atoms with Crippen LogP contribution >= 0.6 is 0 Å². The number of aromatic nitrogens is 2. The van der Waals surface area contributed by atoms with Crippen LogP contribution in [-0.2, 0) is 19.9 Å². The van der Waals surface area contributed by atoms with Gasteiger partial charge in [-0.25, -0.2) is 21.5 Å². The van der Waals surface area contributed by atoms with Gasteiger partial charge >= 0.3 is 0 Å². The van der Waals surface area contributed by atoms with E-state index >= 15 is 0 Å². The van der Waals surface area contributed by atoms with Crippen molar-refractivity contribution in [3.63, 3.8) is 0 Å². The second-order valence-corrected chi connectivity index (χ2v) is 9.63. The predicted molar refractivity (Wildman–Crippen MR) is 88.4 cm³/mol. The number of rotatable bonds is 4. The maximum Gasteiger partial charge on any atom is 0.230 e. The highest BCUT2D eigenvalue weighted by molar-refractivity contribution is 7.92. The Labute approximate surface area is 135 Å². The molecular weight excluding hydrogens is 338 g/mol.